The molecular weight excluding hydrogens is 230 g/mol. The smallest absolute Gasteiger partial charge is 0.161 e. The van der Waals surface area contributed by atoms with E-state index in [4.69, 9.17) is 10.5 Å². The van der Waals surface area contributed by atoms with Crippen LogP contribution in [-0.2, 0) is 0 Å². The number of aryl methyl sites for hydroxylation is 1. The van der Waals surface area contributed by atoms with Crippen LogP contribution in [0.3, 0.4) is 0 Å². The van der Waals surface area contributed by atoms with E-state index in [1.807, 2.05) is 13.8 Å². The van der Waals surface area contributed by atoms with Crippen LogP contribution in [0, 0.1) is 13.8 Å². The van der Waals surface area contributed by atoms with Gasteiger partial charge in [0.2, 0.25) is 0 Å². The van der Waals surface area contributed by atoms with Crippen molar-refractivity contribution in [1.29, 1.82) is 0 Å². The van der Waals surface area contributed by atoms with Crippen molar-refractivity contribution in [3.05, 3.63) is 29.5 Å². The van der Waals surface area contributed by atoms with Gasteiger partial charge in [0.25, 0.3) is 0 Å². The molecule has 0 amide bonds. The van der Waals surface area contributed by atoms with Crippen LogP contribution in [0.2, 0.25) is 0 Å². The third kappa shape index (κ3) is 2.07. The second kappa shape index (κ2) is 4.52. The van der Waals surface area contributed by atoms with E-state index in [2.05, 4.69) is 9.97 Å². The van der Waals surface area contributed by atoms with E-state index in [9.17, 15) is 5.11 Å². The van der Waals surface area contributed by atoms with Gasteiger partial charge in [-0.2, -0.15) is 0 Å². The largest absolute Gasteiger partial charge is 0.504 e. The van der Waals surface area contributed by atoms with Gasteiger partial charge < -0.3 is 15.6 Å². The lowest BCUT2D eigenvalue weighted by atomic mass is 10.1. The van der Waals surface area contributed by atoms with Crippen LogP contribution < -0.4 is 10.5 Å². The number of aromatic hydroxyl groups is 1. The minimum absolute atomic E-state index is 0.0513. The highest BCUT2D eigenvalue weighted by Crippen LogP contribution is 2.30. The summed E-state index contributed by atoms with van der Waals surface area (Å²) in [4.78, 5) is 8.57. The molecule has 0 radical (unpaired) electrons. The summed E-state index contributed by atoms with van der Waals surface area (Å²) in [5, 5.41) is 9.73. The Hall–Kier alpha value is -2.30. The van der Waals surface area contributed by atoms with Crippen LogP contribution in [0.1, 0.15) is 11.3 Å². The van der Waals surface area contributed by atoms with E-state index >= 15 is 0 Å². The molecule has 1 aromatic carbocycles. The Morgan fingerprint density at radius 1 is 1.22 bits per heavy atom. The van der Waals surface area contributed by atoms with Gasteiger partial charge in [0.15, 0.2) is 17.3 Å². The van der Waals surface area contributed by atoms with Crippen molar-refractivity contribution in [2.75, 3.05) is 12.8 Å². The Kier molecular flexibility index (Phi) is 3.06. The van der Waals surface area contributed by atoms with Crippen molar-refractivity contribution in [2.45, 2.75) is 13.8 Å². The third-order valence-corrected chi connectivity index (χ3v) is 2.86. The number of nitrogen functional groups attached to an aromatic ring is 1. The summed E-state index contributed by atoms with van der Waals surface area (Å²) in [5.74, 6) is 1.41. The Bertz CT molecular complexity index is 574. The molecule has 0 saturated heterocycles. The van der Waals surface area contributed by atoms with Crippen molar-refractivity contribution in [3.63, 3.8) is 0 Å². The number of benzene rings is 1. The van der Waals surface area contributed by atoms with Gasteiger partial charge in [-0.25, -0.2) is 9.97 Å². The standard InChI is InChI=1S/C13H15N3O2/c1-7-8(2)15-13(16-12(7)14)9-4-5-11(18-3)10(17)6-9/h4-6,17H,1-3H3,(H2,14,15,16). The summed E-state index contributed by atoms with van der Waals surface area (Å²) in [7, 11) is 1.50. The lowest BCUT2D eigenvalue weighted by Crippen LogP contribution is -2.02. The first kappa shape index (κ1) is 12.2. The number of nitrogens with zero attached hydrogens (tertiary/aromatic N) is 2. The number of aromatic nitrogens is 2. The van der Waals surface area contributed by atoms with Crippen LogP contribution in [0.5, 0.6) is 11.5 Å². The van der Waals surface area contributed by atoms with Crippen LogP contribution >= 0.6 is 0 Å². The summed E-state index contributed by atoms with van der Waals surface area (Å²) < 4.78 is 4.99. The Balaban J connectivity index is 2.52. The molecule has 0 aliphatic carbocycles. The number of rotatable bonds is 2. The number of methoxy groups -OCH3 is 1. The quantitative estimate of drug-likeness (QED) is 0.846. The Morgan fingerprint density at radius 2 is 1.94 bits per heavy atom. The first-order valence-electron chi connectivity index (χ1n) is 5.51. The Labute approximate surface area is 105 Å². The minimum atomic E-state index is 0.0513. The topological polar surface area (TPSA) is 81.3 Å². The summed E-state index contributed by atoms with van der Waals surface area (Å²) >= 11 is 0. The Morgan fingerprint density at radius 3 is 2.50 bits per heavy atom. The predicted molar refractivity (Wildman–Crippen MR) is 69.6 cm³/mol. The molecule has 0 bridgehead atoms. The van der Waals surface area contributed by atoms with E-state index in [1.165, 1.54) is 7.11 Å². The molecule has 0 aliphatic rings. The molecule has 0 aliphatic heterocycles. The zero-order valence-electron chi connectivity index (χ0n) is 10.6. The average Bonchev–Trinajstić information content (AvgIpc) is 2.35. The van der Waals surface area contributed by atoms with E-state index in [0.29, 0.717) is 23.0 Å². The van der Waals surface area contributed by atoms with Gasteiger partial charge >= 0.3 is 0 Å². The number of phenolic OH excluding ortho intramolecular Hbond substituents is 1. The number of hydrogen-bond donors (Lipinski definition) is 2. The van der Waals surface area contributed by atoms with E-state index < -0.39 is 0 Å². The molecule has 94 valence electrons. The fourth-order valence-electron chi connectivity index (χ4n) is 1.61. The highest BCUT2D eigenvalue weighted by Gasteiger charge is 2.10. The number of hydrogen-bond acceptors (Lipinski definition) is 5. The molecule has 0 atom stereocenters. The molecule has 2 rings (SSSR count). The van der Waals surface area contributed by atoms with E-state index in [0.717, 1.165) is 11.3 Å². The molecule has 0 unspecified atom stereocenters. The summed E-state index contributed by atoms with van der Waals surface area (Å²) in [6.45, 7) is 3.75. The highest BCUT2D eigenvalue weighted by molar-refractivity contribution is 5.62. The van der Waals surface area contributed by atoms with Gasteiger partial charge in [-0.05, 0) is 32.0 Å². The van der Waals surface area contributed by atoms with Crippen LogP contribution in [0.25, 0.3) is 11.4 Å². The maximum Gasteiger partial charge on any atom is 0.161 e. The molecule has 0 spiro atoms. The number of ether oxygens (including phenoxy) is 1. The van der Waals surface area contributed by atoms with Crippen molar-refractivity contribution >= 4 is 5.82 Å². The maximum atomic E-state index is 9.73. The number of anilines is 1. The normalized spacial score (nSPS) is 10.4. The molecule has 1 aromatic heterocycles. The molecule has 0 fully saturated rings. The van der Waals surface area contributed by atoms with Crippen LogP contribution in [-0.4, -0.2) is 22.2 Å². The summed E-state index contributed by atoms with van der Waals surface area (Å²) in [6.07, 6.45) is 0. The molecule has 1 heterocycles. The number of nitrogens with two attached hydrogens (primary N) is 1. The fourth-order valence-corrected chi connectivity index (χ4v) is 1.61. The SMILES string of the molecule is COc1ccc(-c2nc(C)c(C)c(N)n2)cc1O. The van der Waals surface area contributed by atoms with Crippen LogP contribution in [0.4, 0.5) is 5.82 Å². The van der Waals surface area contributed by atoms with Crippen molar-refractivity contribution < 1.29 is 9.84 Å². The maximum absolute atomic E-state index is 9.73. The molecule has 18 heavy (non-hydrogen) atoms. The van der Waals surface area contributed by atoms with Crippen molar-refractivity contribution in [1.82, 2.24) is 9.97 Å². The van der Waals surface area contributed by atoms with Gasteiger partial charge in [0.05, 0.1) is 7.11 Å². The van der Waals surface area contributed by atoms with E-state index in [1.54, 1.807) is 18.2 Å². The fraction of sp³-hybridized carbons (Fsp3) is 0.231. The molecule has 5 heteroatoms. The average molecular weight is 245 g/mol. The second-order valence-electron chi connectivity index (χ2n) is 4.03. The highest BCUT2D eigenvalue weighted by atomic mass is 16.5. The molecule has 0 saturated carbocycles. The molecule has 2 aromatic rings. The van der Waals surface area contributed by atoms with Crippen LogP contribution in [0.15, 0.2) is 18.2 Å². The second-order valence-corrected chi connectivity index (χ2v) is 4.03. The lowest BCUT2D eigenvalue weighted by molar-refractivity contribution is 0.373. The van der Waals surface area contributed by atoms with Gasteiger partial charge in [-0.1, -0.05) is 0 Å². The third-order valence-electron chi connectivity index (χ3n) is 2.86. The van der Waals surface area contributed by atoms with Gasteiger partial charge in [-0.15, -0.1) is 0 Å². The summed E-state index contributed by atoms with van der Waals surface area (Å²) in [6, 6.07) is 5.00. The van der Waals surface area contributed by atoms with Gasteiger partial charge in [0, 0.05) is 16.8 Å². The zero-order chi connectivity index (χ0) is 13.3. The molecule has 3 N–H and O–H groups in total. The lowest BCUT2D eigenvalue weighted by Gasteiger charge is -2.08. The van der Waals surface area contributed by atoms with Gasteiger partial charge in [0.1, 0.15) is 5.82 Å². The first-order chi connectivity index (χ1) is 8.52. The molecule has 5 nitrogen and oxygen atoms in total. The van der Waals surface area contributed by atoms with Crippen molar-refractivity contribution in [2.24, 2.45) is 0 Å². The predicted octanol–water partition coefficient (Wildman–Crippen LogP) is 2.06. The van der Waals surface area contributed by atoms with Crippen molar-refractivity contribution in [3.8, 4) is 22.9 Å². The first-order valence-corrected chi connectivity index (χ1v) is 5.51. The monoisotopic (exact) mass is 245 g/mol. The van der Waals surface area contributed by atoms with E-state index in [-0.39, 0.29) is 5.75 Å². The zero-order valence-corrected chi connectivity index (χ0v) is 10.6. The van der Waals surface area contributed by atoms with Gasteiger partial charge in [-0.3, -0.25) is 0 Å². The molecular formula is C13H15N3O2. The minimum Gasteiger partial charge on any atom is -0.504 e. The number of phenols is 1. The summed E-state index contributed by atoms with van der Waals surface area (Å²) in [5.41, 5.74) is 8.21.